The lowest BCUT2D eigenvalue weighted by Gasteiger charge is -2.12. The molecular weight excluding hydrogens is 402 g/mol. The number of benzene rings is 2. The predicted molar refractivity (Wildman–Crippen MR) is 115 cm³/mol. The van der Waals surface area contributed by atoms with Gasteiger partial charge >= 0.3 is 0 Å². The predicted octanol–water partition coefficient (Wildman–Crippen LogP) is 2.67. The molecule has 4 N–H and O–H groups in total. The summed E-state index contributed by atoms with van der Waals surface area (Å²) in [5.74, 6) is 0.322. The van der Waals surface area contributed by atoms with E-state index in [-0.39, 0.29) is 16.4 Å². The number of hydrogen-bond acceptors (Lipinski definition) is 5. The first-order valence-corrected chi connectivity index (χ1v) is 11.2. The topological polar surface area (TPSA) is 116 Å². The van der Waals surface area contributed by atoms with Crippen LogP contribution in [0.1, 0.15) is 33.7 Å². The summed E-state index contributed by atoms with van der Waals surface area (Å²) in [6.07, 6.45) is 6.54. The first kappa shape index (κ1) is 20.1. The summed E-state index contributed by atoms with van der Waals surface area (Å²) in [6, 6.07) is 10.4. The first-order chi connectivity index (χ1) is 14.4. The number of aromatic amines is 1. The van der Waals surface area contributed by atoms with Crippen LogP contribution in [0.25, 0.3) is 0 Å². The minimum absolute atomic E-state index is 0.00792. The van der Waals surface area contributed by atoms with Crippen LogP contribution in [0.3, 0.4) is 0 Å². The fraction of sp³-hybridized carbons (Fsp3) is 0.238. The van der Waals surface area contributed by atoms with Crippen LogP contribution < -0.4 is 15.4 Å². The van der Waals surface area contributed by atoms with Crippen LogP contribution in [-0.2, 0) is 29.4 Å². The second-order valence-electron chi connectivity index (χ2n) is 7.13. The van der Waals surface area contributed by atoms with Crippen LogP contribution in [0.5, 0.6) is 0 Å². The van der Waals surface area contributed by atoms with Crippen LogP contribution in [0.4, 0.5) is 11.4 Å². The number of carbonyl (C=O) groups excluding carboxylic acids is 1. The number of fused-ring (bicyclic) bond motifs is 1. The summed E-state index contributed by atoms with van der Waals surface area (Å²) in [4.78, 5) is 20.0. The molecule has 3 aromatic rings. The molecule has 0 fully saturated rings. The maximum Gasteiger partial charge on any atom is 0.255 e. The quantitative estimate of drug-likeness (QED) is 0.464. The average molecular weight is 426 g/mol. The fourth-order valence-corrected chi connectivity index (χ4v) is 4.34. The number of carbonyl (C=O) groups is 1. The summed E-state index contributed by atoms with van der Waals surface area (Å²) in [6.45, 7) is 0.363. The lowest BCUT2D eigenvalue weighted by Crippen LogP contribution is -2.20. The van der Waals surface area contributed by atoms with Gasteiger partial charge in [0.1, 0.15) is 5.82 Å². The summed E-state index contributed by atoms with van der Waals surface area (Å²) in [5.41, 5.74) is 4.02. The van der Waals surface area contributed by atoms with Gasteiger partial charge in [0.25, 0.3) is 5.91 Å². The molecule has 1 aliphatic rings. The van der Waals surface area contributed by atoms with Gasteiger partial charge in [-0.2, -0.15) is 0 Å². The highest BCUT2D eigenvalue weighted by molar-refractivity contribution is 7.89. The molecule has 8 nitrogen and oxygen atoms in total. The third-order valence-electron chi connectivity index (χ3n) is 5.12. The van der Waals surface area contributed by atoms with Crippen LogP contribution in [0.2, 0.25) is 0 Å². The third-order valence-corrected chi connectivity index (χ3v) is 6.51. The number of H-pyrrole nitrogens is 1. The second-order valence-corrected chi connectivity index (χ2v) is 9.02. The van der Waals surface area contributed by atoms with Gasteiger partial charge in [-0.15, -0.1) is 0 Å². The van der Waals surface area contributed by atoms with Crippen molar-refractivity contribution in [2.45, 2.75) is 30.7 Å². The monoisotopic (exact) mass is 425 g/mol. The van der Waals surface area contributed by atoms with Crippen LogP contribution in [0.15, 0.2) is 53.7 Å². The summed E-state index contributed by atoms with van der Waals surface area (Å²) >= 11 is 0. The average Bonchev–Trinajstić information content (AvgIpc) is 3.43. The van der Waals surface area contributed by atoms with E-state index in [2.05, 4.69) is 25.3 Å². The van der Waals surface area contributed by atoms with E-state index in [1.165, 1.54) is 30.3 Å². The molecule has 156 valence electrons. The third kappa shape index (κ3) is 4.37. The Labute approximate surface area is 175 Å². The normalized spacial score (nSPS) is 13.1. The Morgan fingerprint density at radius 1 is 1.10 bits per heavy atom. The zero-order valence-corrected chi connectivity index (χ0v) is 17.3. The van der Waals surface area contributed by atoms with Crippen molar-refractivity contribution >= 4 is 27.3 Å². The summed E-state index contributed by atoms with van der Waals surface area (Å²) in [7, 11) is -2.39. The smallest absolute Gasteiger partial charge is 0.255 e. The Hall–Kier alpha value is -3.17. The van der Waals surface area contributed by atoms with E-state index in [9.17, 15) is 13.2 Å². The van der Waals surface area contributed by atoms with E-state index in [1.807, 2.05) is 18.2 Å². The van der Waals surface area contributed by atoms with E-state index < -0.39 is 10.0 Å². The van der Waals surface area contributed by atoms with E-state index >= 15 is 0 Å². The van der Waals surface area contributed by atoms with Gasteiger partial charge in [0, 0.05) is 29.3 Å². The SMILES string of the molecule is CNS(=O)(=O)c1cc(NCc2ncc[nH]2)cc(C(=O)Nc2ccc3c(c2)CCC3)c1. The number of nitrogens with zero attached hydrogens (tertiary/aromatic N) is 1. The molecule has 1 aliphatic carbocycles. The molecule has 0 saturated carbocycles. The molecule has 0 saturated heterocycles. The van der Waals surface area contributed by atoms with Crippen molar-refractivity contribution in [2.24, 2.45) is 0 Å². The van der Waals surface area contributed by atoms with Gasteiger partial charge in [0.2, 0.25) is 10.0 Å². The van der Waals surface area contributed by atoms with Gasteiger partial charge in [-0.1, -0.05) is 6.07 Å². The fourth-order valence-electron chi connectivity index (χ4n) is 3.54. The zero-order valence-electron chi connectivity index (χ0n) is 16.5. The molecule has 1 amide bonds. The summed E-state index contributed by atoms with van der Waals surface area (Å²) < 4.78 is 27.0. The van der Waals surface area contributed by atoms with Crippen LogP contribution in [-0.4, -0.2) is 31.3 Å². The van der Waals surface area contributed by atoms with E-state index in [0.717, 1.165) is 19.3 Å². The number of imidazole rings is 1. The molecule has 2 aromatic carbocycles. The van der Waals surface area contributed by atoms with Gasteiger partial charge in [-0.05, 0) is 67.8 Å². The highest BCUT2D eigenvalue weighted by Gasteiger charge is 2.18. The lowest BCUT2D eigenvalue weighted by atomic mass is 10.1. The van der Waals surface area contributed by atoms with E-state index in [0.29, 0.717) is 23.7 Å². The number of aryl methyl sites for hydroxylation is 2. The molecule has 30 heavy (non-hydrogen) atoms. The molecule has 0 unspecified atom stereocenters. The summed E-state index contributed by atoms with van der Waals surface area (Å²) in [5, 5.41) is 5.99. The molecule has 0 bridgehead atoms. The van der Waals surface area contributed by atoms with Crippen molar-refractivity contribution in [1.82, 2.24) is 14.7 Å². The number of aromatic nitrogens is 2. The maximum atomic E-state index is 12.9. The number of sulfonamides is 1. The Balaban J connectivity index is 1.60. The Kier molecular flexibility index (Phi) is 5.56. The van der Waals surface area contributed by atoms with Crippen molar-refractivity contribution < 1.29 is 13.2 Å². The van der Waals surface area contributed by atoms with Crippen LogP contribution >= 0.6 is 0 Å². The van der Waals surface area contributed by atoms with Gasteiger partial charge < -0.3 is 15.6 Å². The number of rotatable bonds is 7. The van der Waals surface area contributed by atoms with Crippen molar-refractivity contribution in [3.63, 3.8) is 0 Å². The molecular formula is C21H23N5O3S. The number of nitrogens with one attached hydrogen (secondary N) is 4. The van der Waals surface area contributed by atoms with Crippen molar-refractivity contribution in [2.75, 3.05) is 17.7 Å². The first-order valence-electron chi connectivity index (χ1n) is 9.68. The second kappa shape index (κ2) is 8.29. The minimum Gasteiger partial charge on any atom is -0.378 e. The molecule has 1 heterocycles. The van der Waals surface area contributed by atoms with E-state index in [4.69, 9.17) is 0 Å². The van der Waals surface area contributed by atoms with Crippen molar-refractivity contribution in [3.05, 3.63) is 71.3 Å². The highest BCUT2D eigenvalue weighted by Crippen LogP contribution is 2.26. The van der Waals surface area contributed by atoms with E-state index in [1.54, 1.807) is 18.5 Å². The maximum absolute atomic E-state index is 12.9. The van der Waals surface area contributed by atoms with Gasteiger partial charge in [-0.25, -0.2) is 18.1 Å². The number of amides is 1. The van der Waals surface area contributed by atoms with Gasteiger partial charge in [0.15, 0.2) is 0 Å². The van der Waals surface area contributed by atoms with Crippen LogP contribution in [0, 0.1) is 0 Å². The molecule has 0 aliphatic heterocycles. The lowest BCUT2D eigenvalue weighted by molar-refractivity contribution is 0.102. The molecule has 0 atom stereocenters. The minimum atomic E-state index is -3.72. The Morgan fingerprint density at radius 3 is 2.70 bits per heavy atom. The zero-order chi connectivity index (χ0) is 21.1. The highest BCUT2D eigenvalue weighted by atomic mass is 32.2. The Morgan fingerprint density at radius 2 is 1.93 bits per heavy atom. The molecule has 1 aromatic heterocycles. The molecule has 0 spiro atoms. The van der Waals surface area contributed by atoms with Gasteiger partial charge in [0.05, 0.1) is 11.4 Å². The molecule has 9 heteroatoms. The standard InChI is InChI=1S/C21H23N5O3S/c1-22-30(28,29)19-11-16(10-18(12-19)25-13-20-23-7-8-24-20)21(27)26-17-6-5-14-3-2-4-15(14)9-17/h5-12,22,25H,2-4,13H2,1H3,(H,23,24)(H,26,27). The van der Waals surface area contributed by atoms with Gasteiger partial charge in [-0.3, -0.25) is 4.79 Å². The Bertz CT molecular complexity index is 1170. The molecule has 4 rings (SSSR count). The molecule has 0 radical (unpaired) electrons. The van der Waals surface area contributed by atoms with Crippen molar-refractivity contribution in [3.8, 4) is 0 Å². The largest absolute Gasteiger partial charge is 0.378 e. The number of hydrogen-bond donors (Lipinski definition) is 4. The van der Waals surface area contributed by atoms with Crippen molar-refractivity contribution in [1.29, 1.82) is 0 Å². The number of anilines is 2.